The van der Waals surface area contributed by atoms with E-state index in [2.05, 4.69) is 71.6 Å². The van der Waals surface area contributed by atoms with Gasteiger partial charge in [-0.2, -0.15) is 0 Å². The lowest BCUT2D eigenvalue weighted by Gasteiger charge is -2.24. The maximum Gasteiger partial charge on any atom is 0.193 e. The Morgan fingerprint density at radius 1 is 1.25 bits per heavy atom. The summed E-state index contributed by atoms with van der Waals surface area (Å²) < 4.78 is 0. The van der Waals surface area contributed by atoms with Gasteiger partial charge in [0.25, 0.3) is 0 Å². The number of rotatable bonds is 6. The molecule has 2 rings (SSSR count). The lowest BCUT2D eigenvalue weighted by molar-refractivity contribution is 0.422. The molecule has 1 aliphatic rings. The van der Waals surface area contributed by atoms with Gasteiger partial charge in [-0.05, 0) is 45.2 Å². The van der Waals surface area contributed by atoms with E-state index in [0.717, 1.165) is 38.1 Å². The molecule has 0 saturated carbocycles. The zero-order valence-corrected chi connectivity index (χ0v) is 16.3. The number of hydrogen-bond acceptors (Lipinski definition) is 3. The predicted molar refractivity (Wildman–Crippen MR) is 106 cm³/mol. The highest BCUT2D eigenvalue weighted by atomic mass is 32.2. The number of benzene rings is 1. The first-order valence-electron chi connectivity index (χ1n) is 8.86. The first-order valence-corrected chi connectivity index (χ1v) is 9.85. The SMILES string of the molecule is CN=C(NCCNC(C)(C)C)N1CCC(CSc2ccccc2)C1. The van der Waals surface area contributed by atoms with Gasteiger partial charge in [-0.1, -0.05) is 18.2 Å². The molecule has 1 unspecified atom stereocenters. The fourth-order valence-electron chi connectivity index (χ4n) is 2.84. The summed E-state index contributed by atoms with van der Waals surface area (Å²) in [5, 5.41) is 6.98. The van der Waals surface area contributed by atoms with Gasteiger partial charge in [0.15, 0.2) is 5.96 Å². The Morgan fingerprint density at radius 2 is 2.00 bits per heavy atom. The van der Waals surface area contributed by atoms with E-state index in [4.69, 9.17) is 0 Å². The maximum absolute atomic E-state index is 4.45. The topological polar surface area (TPSA) is 39.7 Å². The van der Waals surface area contributed by atoms with Crippen molar-refractivity contribution in [2.24, 2.45) is 10.9 Å². The third-order valence-electron chi connectivity index (χ3n) is 4.09. The van der Waals surface area contributed by atoms with Crippen molar-refractivity contribution >= 4 is 17.7 Å². The second-order valence-electron chi connectivity index (χ2n) is 7.38. The van der Waals surface area contributed by atoms with Gasteiger partial charge in [-0.15, -0.1) is 11.8 Å². The minimum atomic E-state index is 0.165. The van der Waals surface area contributed by atoms with Crippen LogP contribution in [0.2, 0.25) is 0 Å². The standard InChI is InChI=1S/C19H32N4S/c1-19(2,3)22-12-11-21-18(20-4)23-13-10-16(14-23)15-24-17-8-6-5-7-9-17/h5-9,16,22H,10-15H2,1-4H3,(H,20,21). The van der Waals surface area contributed by atoms with Crippen molar-refractivity contribution in [2.75, 3.05) is 39.0 Å². The minimum Gasteiger partial charge on any atom is -0.355 e. The molecular weight excluding hydrogens is 316 g/mol. The fourth-order valence-corrected chi connectivity index (χ4v) is 3.89. The van der Waals surface area contributed by atoms with Gasteiger partial charge in [0.1, 0.15) is 0 Å². The molecule has 0 radical (unpaired) electrons. The maximum atomic E-state index is 4.45. The van der Waals surface area contributed by atoms with Crippen molar-refractivity contribution in [3.63, 3.8) is 0 Å². The summed E-state index contributed by atoms with van der Waals surface area (Å²) in [5.41, 5.74) is 0.165. The molecule has 2 N–H and O–H groups in total. The summed E-state index contributed by atoms with van der Waals surface area (Å²) in [5.74, 6) is 2.96. The number of hydrogen-bond donors (Lipinski definition) is 2. The third-order valence-corrected chi connectivity index (χ3v) is 5.33. The van der Waals surface area contributed by atoms with Crippen LogP contribution in [0.3, 0.4) is 0 Å². The van der Waals surface area contributed by atoms with Crippen molar-refractivity contribution in [3.8, 4) is 0 Å². The van der Waals surface area contributed by atoms with Gasteiger partial charge in [0, 0.05) is 49.4 Å². The van der Waals surface area contributed by atoms with E-state index in [1.807, 2.05) is 18.8 Å². The Hall–Kier alpha value is -1.20. The first-order chi connectivity index (χ1) is 11.5. The number of likely N-dealkylation sites (tertiary alicyclic amines) is 1. The van der Waals surface area contributed by atoms with E-state index < -0.39 is 0 Å². The second-order valence-corrected chi connectivity index (χ2v) is 8.47. The molecule has 4 nitrogen and oxygen atoms in total. The van der Waals surface area contributed by atoms with Crippen molar-refractivity contribution in [3.05, 3.63) is 30.3 Å². The van der Waals surface area contributed by atoms with Crippen LogP contribution in [0.1, 0.15) is 27.2 Å². The Morgan fingerprint density at radius 3 is 2.67 bits per heavy atom. The van der Waals surface area contributed by atoms with E-state index in [0.29, 0.717) is 0 Å². The lowest BCUT2D eigenvalue weighted by Crippen LogP contribution is -2.45. The molecular formula is C19H32N4S. The zero-order chi connectivity index (χ0) is 17.4. The number of nitrogens with one attached hydrogen (secondary N) is 2. The van der Waals surface area contributed by atoms with E-state index in [1.165, 1.54) is 17.1 Å². The Labute approximate surface area is 151 Å². The molecule has 1 heterocycles. The summed E-state index contributed by atoms with van der Waals surface area (Å²) in [7, 11) is 1.88. The highest BCUT2D eigenvalue weighted by molar-refractivity contribution is 7.99. The van der Waals surface area contributed by atoms with Gasteiger partial charge in [-0.25, -0.2) is 0 Å². The molecule has 1 atom stereocenters. The Bertz CT molecular complexity index is 510. The molecule has 0 bridgehead atoms. The van der Waals surface area contributed by atoms with Crippen LogP contribution in [0, 0.1) is 5.92 Å². The number of guanidine groups is 1. The third kappa shape index (κ3) is 6.73. The summed E-state index contributed by atoms with van der Waals surface area (Å²) in [6.07, 6.45) is 1.25. The van der Waals surface area contributed by atoms with Crippen molar-refractivity contribution in [1.29, 1.82) is 0 Å². The molecule has 5 heteroatoms. The van der Waals surface area contributed by atoms with Crippen LogP contribution < -0.4 is 10.6 Å². The molecule has 1 aliphatic heterocycles. The summed E-state index contributed by atoms with van der Waals surface area (Å²) in [6, 6.07) is 10.7. The molecule has 1 saturated heterocycles. The highest BCUT2D eigenvalue weighted by Crippen LogP contribution is 2.25. The normalized spacial score (nSPS) is 18.9. The average Bonchev–Trinajstić information content (AvgIpc) is 3.02. The van der Waals surface area contributed by atoms with Crippen LogP contribution in [0.15, 0.2) is 40.2 Å². The van der Waals surface area contributed by atoms with Gasteiger partial charge < -0.3 is 15.5 Å². The van der Waals surface area contributed by atoms with Crippen LogP contribution in [-0.2, 0) is 0 Å². The molecule has 1 aromatic carbocycles. The largest absolute Gasteiger partial charge is 0.355 e. The van der Waals surface area contributed by atoms with E-state index in [1.54, 1.807) is 0 Å². The molecule has 24 heavy (non-hydrogen) atoms. The Balaban J connectivity index is 1.70. The summed E-state index contributed by atoms with van der Waals surface area (Å²) in [6.45, 7) is 10.6. The predicted octanol–water partition coefficient (Wildman–Crippen LogP) is 3.06. The number of aliphatic imine (C=N–C) groups is 1. The minimum absolute atomic E-state index is 0.165. The fraction of sp³-hybridized carbons (Fsp3) is 0.632. The highest BCUT2D eigenvalue weighted by Gasteiger charge is 2.24. The van der Waals surface area contributed by atoms with Crippen LogP contribution >= 0.6 is 11.8 Å². The molecule has 0 amide bonds. The number of thioether (sulfide) groups is 1. The quantitative estimate of drug-likeness (QED) is 0.359. The van der Waals surface area contributed by atoms with Crippen molar-refractivity contribution in [2.45, 2.75) is 37.6 Å². The number of nitrogens with zero attached hydrogens (tertiary/aromatic N) is 2. The summed E-state index contributed by atoms with van der Waals surface area (Å²) >= 11 is 1.97. The smallest absolute Gasteiger partial charge is 0.193 e. The Kier molecular flexibility index (Phi) is 7.43. The van der Waals surface area contributed by atoms with E-state index >= 15 is 0 Å². The average molecular weight is 349 g/mol. The van der Waals surface area contributed by atoms with Crippen LogP contribution in [-0.4, -0.2) is 55.4 Å². The van der Waals surface area contributed by atoms with Crippen molar-refractivity contribution < 1.29 is 0 Å². The van der Waals surface area contributed by atoms with Crippen LogP contribution in [0.25, 0.3) is 0 Å². The van der Waals surface area contributed by atoms with Crippen molar-refractivity contribution in [1.82, 2.24) is 15.5 Å². The van der Waals surface area contributed by atoms with Crippen LogP contribution in [0.5, 0.6) is 0 Å². The van der Waals surface area contributed by atoms with E-state index in [9.17, 15) is 0 Å². The lowest BCUT2D eigenvalue weighted by atomic mass is 10.1. The molecule has 0 spiro atoms. The second kappa shape index (κ2) is 9.33. The van der Waals surface area contributed by atoms with Gasteiger partial charge >= 0.3 is 0 Å². The molecule has 1 aromatic rings. The molecule has 0 aromatic heterocycles. The van der Waals surface area contributed by atoms with Gasteiger partial charge in [-0.3, -0.25) is 4.99 Å². The van der Waals surface area contributed by atoms with Gasteiger partial charge in [0.05, 0.1) is 0 Å². The van der Waals surface area contributed by atoms with Gasteiger partial charge in [0.2, 0.25) is 0 Å². The molecule has 0 aliphatic carbocycles. The summed E-state index contributed by atoms with van der Waals surface area (Å²) in [4.78, 5) is 8.22. The zero-order valence-electron chi connectivity index (χ0n) is 15.5. The monoisotopic (exact) mass is 348 g/mol. The van der Waals surface area contributed by atoms with E-state index in [-0.39, 0.29) is 5.54 Å². The first kappa shape index (κ1) is 19.1. The molecule has 1 fully saturated rings. The van der Waals surface area contributed by atoms with Crippen LogP contribution in [0.4, 0.5) is 0 Å². The molecule has 134 valence electrons.